The predicted octanol–water partition coefficient (Wildman–Crippen LogP) is 5.38. The molecule has 1 N–H and O–H groups in total. The number of thioether (sulfide) groups is 1. The number of hydrogen-bond donors (Lipinski definition) is 1. The van der Waals surface area contributed by atoms with Crippen LogP contribution in [0.5, 0.6) is 5.75 Å². The van der Waals surface area contributed by atoms with Crippen molar-refractivity contribution >= 4 is 34.1 Å². The average molecular weight is 447 g/mol. The fraction of sp³-hybridized carbons (Fsp3) is 0.240. The van der Waals surface area contributed by atoms with Crippen LogP contribution in [0.1, 0.15) is 23.9 Å². The minimum Gasteiger partial charge on any atom is -0.485 e. The number of aromatic nitrogens is 3. The van der Waals surface area contributed by atoms with Crippen LogP contribution in [0.25, 0.3) is 10.8 Å². The number of fused-ring (bicyclic) bond motifs is 1. The lowest BCUT2D eigenvalue weighted by Crippen LogP contribution is -2.15. The molecule has 0 aliphatic heterocycles. The molecular formula is C25H26N4O2S. The summed E-state index contributed by atoms with van der Waals surface area (Å²) >= 11 is 1.37. The first kappa shape index (κ1) is 21.9. The summed E-state index contributed by atoms with van der Waals surface area (Å²) in [6, 6.07) is 20.1. The Balaban J connectivity index is 1.36. The first-order valence-electron chi connectivity index (χ1n) is 10.6. The van der Waals surface area contributed by atoms with Gasteiger partial charge in [-0.3, -0.25) is 4.79 Å². The van der Waals surface area contributed by atoms with Crippen molar-refractivity contribution < 1.29 is 9.53 Å². The zero-order valence-corrected chi connectivity index (χ0v) is 19.3. The first-order chi connectivity index (χ1) is 15.5. The van der Waals surface area contributed by atoms with Crippen molar-refractivity contribution in [1.82, 2.24) is 14.8 Å². The van der Waals surface area contributed by atoms with Gasteiger partial charge >= 0.3 is 0 Å². The monoisotopic (exact) mass is 446 g/mol. The molecule has 4 aromatic rings. The normalized spacial score (nSPS) is 11.0. The van der Waals surface area contributed by atoms with Crippen molar-refractivity contribution in [2.45, 2.75) is 39.1 Å². The Bertz CT molecular complexity index is 1250. The lowest BCUT2D eigenvalue weighted by atomic mass is 10.1. The third-order valence-corrected chi connectivity index (χ3v) is 6.13. The molecule has 7 heteroatoms. The molecule has 1 aromatic heterocycles. The number of benzene rings is 3. The summed E-state index contributed by atoms with van der Waals surface area (Å²) in [5.41, 5.74) is 3.08. The van der Waals surface area contributed by atoms with Gasteiger partial charge in [-0.1, -0.05) is 59.8 Å². The smallest absolute Gasteiger partial charge is 0.234 e. The molecule has 0 atom stereocenters. The van der Waals surface area contributed by atoms with Crippen molar-refractivity contribution in [3.63, 3.8) is 0 Å². The second-order valence-electron chi connectivity index (χ2n) is 7.60. The zero-order valence-electron chi connectivity index (χ0n) is 18.5. The molecule has 32 heavy (non-hydrogen) atoms. The topological polar surface area (TPSA) is 69.0 Å². The number of amides is 1. The molecule has 1 heterocycles. The molecule has 3 aromatic carbocycles. The number of nitrogens with one attached hydrogen (secondary N) is 1. The summed E-state index contributed by atoms with van der Waals surface area (Å²) in [7, 11) is 0. The van der Waals surface area contributed by atoms with Gasteiger partial charge in [0.05, 0.1) is 5.75 Å². The van der Waals surface area contributed by atoms with Crippen LogP contribution in [0.2, 0.25) is 0 Å². The van der Waals surface area contributed by atoms with Gasteiger partial charge in [-0.2, -0.15) is 0 Å². The summed E-state index contributed by atoms with van der Waals surface area (Å²) in [5.74, 6) is 1.75. The highest BCUT2D eigenvalue weighted by Crippen LogP contribution is 2.23. The van der Waals surface area contributed by atoms with Gasteiger partial charge in [0.1, 0.15) is 12.4 Å². The minimum absolute atomic E-state index is 0.0796. The van der Waals surface area contributed by atoms with Gasteiger partial charge in [0.25, 0.3) is 0 Å². The van der Waals surface area contributed by atoms with E-state index in [0.29, 0.717) is 18.3 Å². The number of carbonyl (C=O) groups is 1. The van der Waals surface area contributed by atoms with E-state index in [-0.39, 0.29) is 11.7 Å². The summed E-state index contributed by atoms with van der Waals surface area (Å²) in [5, 5.41) is 14.5. The molecule has 164 valence electrons. The van der Waals surface area contributed by atoms with Crippen LogP contribution in [0.4, 0.5) is 5.69 Å². The highest BCUT2D eigenvalue weighted by Gasteiger charge is 2.14. The fourth-order valence-corrected chi connectivity index (χ4v) is 4.37. The molecule has 4 rings (SSSR count). The molecule has 0 saturated heterocycles. The lowest BCUT2D eigenvalue weighted by molar-refractivity contribution is -0.113. The van der Waals surface area contributed by atoms with E-state index in [1.807, 2.05) is 66.9 Å². The third-order valence-electron chi connectivity index (χ3n) is 5.16. The van der Waals surface area contributed by atoms with Crippen LogP contribution in [-0.4, -0.2) is 26.4 Å². The summed E-state index contributed by atoms with van der Waals surface area (Å²) in [6.07, 6.45) is 0. The largest absolute Gasteiger partial charge is 0.485 e. The van der Waals surface area contributed by atoms with E-state index in [9.17, 15) is 4.79 Å². The maximum Gasteiger partial charge on any atom is 0.234 e. The van der Waals surface area contributed by atoms with Gasteiger partial charge in [-0.15, -0.1) is 10.2 Å². The van der Waals surface area contributed by atoms with Crippen molar-refractivity contribution in [3.05, 3.63) is 77.6 Å². The van der Waals surface area contributed by atoms with Gasteiger partial charge in [-0.25, -0.2) is 0 Å². The van der Waals surface area contributed by atoms with Gasteiger partial charge in [0.2, 0.25) is 5.91 Å². The molecule has 0 spiro atoms. The Kier molecular flexibility index (Phi) is 6.75. The van der Waals surface area contributed by atoms with Crippen LogP contribution in [0.15, 0.2) is 65.8 Å². The highest BCUT2D eigenvalue weighted by molar-refractivity contribution is 7.99. The lowest BCUT2D eigenvalue weighted by Gasteiger charge is -2.11. The van der Waals surface area contributed by atoms with Gasteiger partial charge in [0, 0.05) is 12.2 Å². The van der Waals surface area contributed by atoms with Crippen molar-refractivity contribution in [3.8, 4) is 5.75 Å². The Hall–Kier alpha value is -3.32. The molecule has 0 fully saturated rings. The molecule has 0 bridgehead atoms. The van der Waals surface area contributed by atoms with Crippen LogP contribution in [0.3, 0.4) is 0 Å². The van der Waals surface area contributed by atoms with E-state index in [2.05, 4.69) is 34.6 Å². The third kappa shape index (κ3) is 5.11. The van der Waals surface area contributed by atoms with E-state index in [1.165, 1.54) is 17.3 Å². The first-order valence-corrected chi connectivity index (χ1v) is 11.6. The number of carbonyl (C=O) groups excluding carboxylic acids is 1. The van der Waals surface area contributed by atoms with E-state index in [1.54, 1.807) is 0 Å². The number of aryl methyl sites for hydroxylation is 2. The van der Waals surface area contributed by atoms with Crippen LogP contribution >= 0.6 is 11.8 Å². The number of anilines is 1. The molecule has 0 radical (unpaired) electrons. The maximum absolute atomic E-state index is 12.5. The summed E-state index contributed by atoms with van der Waals surface area (Å²) < 4.78 is 7.95. The van der Waals surface area contributed by atoms with E-state index in [0.717, 1.165) is 33.6 Å². The van der Waals surface area contributed by atoms with Crippen molar-refractivity contribution in [2.75, 3.05) is 11.1 Å². The van der Waals surface area contributed by atoms with E-state index in [4.69, 9.17) is 4.74 Å². The second-order valence-corrected chi connectivity index (χ2v) is 8.54. The van der Waals surface area contributed by atoms with Crippen LogP contribution < -0.4 is 10.1 Å². The minimum atomic E-state index is -0.0796. The molecular weight excluding hydrogens is 420 g/mol. The van der Waals surface area contributed by atoms with Crippen molar-refractivity contribution in [2.24, 2.45) is 0 Å². The number of rotatable bonds is 8. The Labute approximate surface area is 192 Å². The number of hydrogen-bond acceptors (Lipinski definition) is 5. The van der Waals surface area contributed by atoms with E-state index < -0.39 is 0 Å². The van der Waals surface area contributed by atoms with Crippen LogP contribution in [-0.2, 0) is 17.9 Å². The molecule has 0 aliphatic carbocycles. The number of ether oxygens (including phenoxy) is 1. The van der Waals surface area contributed by atoms with Crippen LogP contribution in [0, 0.1) is 13.8 Å². The molecule has 0 aliphatic rings. The molecule has 0 unspecified atom stereocenters. The quantitative estimate of drug-likeness (QED) is 0.368. The predicted molar refractivity (Wildman–Crippen MR) is 129 cm³/mol. The maximum atomic E-state index is 12.5. The summed E-state index contributed by atoms with van der Waals surface area (Å²) in [4.78, 5) is 12.5. The van der Waals surface area contributed by atoms with Gasteiger partial charge in [-0.05, 0) is 55.3 Å². The van der Waals surface area contributed by atoms with Gasteiger partial charge in [0.15, 0.2) is 11.0 Å². The second kappa shape index (κ2) is 9.87. The average Bonchev–Trinajstić information content (AvgIpc) is 3.19. The molecule has 0 saturated carbocycles. The molecule has 1 amide bonds. The Morgan fingerprint density at radius 2 is 1.84 bits per heavy atom. The highest BCUT2D eigenvalue weighted by atomic mass is 32.2. The fourth-order valence-electron chi connectivity index (χ4n) is 3.55. The van der Waals surface area contributed by atoms with Gasteiger partial charge < -0.3 is 14.6 Å². The standard InChI is InChI=1S/C25H26N4O2S/c1-4-29-23(15-31-22-12-9-17(2)13-18(22)3)27-28-25(29)32-16-24(30)26-21-11-10-19-7-5-6-8-20(19)14-21/h5-14H,4,15-16H2,1-3H3,(H,26,30). The SMILES string of the molecule is CCn1c(COc2ccc(C)cc2C)nnc1SCC(=O)Nc1ccc2ccccc2c1. The Morgan fingerprint density at radius 1 is 1.03 bits per heavy atom. The van der Waals surface area contributed by atoms with E-state index >= 15 is 0 Å². The summed E-state index contributed by atoms with van der Waals surface area (Å²) in [6.45, 7) is 7.15. The number of nitrogens with zero attached hydrogens (tertiary/aromatic N) is 3. The zero-order chi connectivity index (χ0) is 22.5. The Morgan fingerprint density at radius 3 is 2.62 bits per heavy atom. The van der Waals surface area contributed by atoms with Crippen molar-refractivity contribution in [1.29, 1.82) is 0 Å². The molecule has 6 nitrogen and oxygen atoms in total.